The summed E-state index contributed by atoms with van der Waals surface area (Å²) in [6, 6.07) is 11.5. The van der Waals surface area contributed by atoms with Crippen LogP contribution in [0.3, 0.4) is 0 Å². The highest BCUT2D eigenvalue weighted by atomic mass is 35.5. The van der Waals surface area contributed by atoms with Crippen molar-refractivity contribution in [1.82, 2.24) is 4.98 Å². The third kappa shape index (κ3) is 2.98. The van der Waals surface area contributed by atoms with E-state index in [9.17, 15) is 0 Å². The highest BCUT2D eigenvalue weighted by Crippen LogP contribution is 2.21. The Kier molecular flexibility index (Phi) is 3.64. The number of aryl methyl sites for hydroxylation is 1. The van der Waals surface area contributed by atoms with Crippen molar-refractivity contribution >= 4 is 11.6 Å². The topological polar surface area (TPSA) is 22.1 Å². The van der Waals surface area contributed by atoms with E-state index in [2.05, 4.69) is 24.9 Å². The summed E-state index contributed by atoms with van der Waals surface area (Å²) in [5, 5.41) is 0.493. The number of halogens is 1. The van der Waals surface area contributed by atoms with Gasteiger partial charge in [-0.1, -0.05) is 29.8 Å². The first-order valence-corrected chi connectivity index (χ1v) is 5.85. The molecule has 0 spiro atoms. The Labute approximate surface area is 106 Å². The molecule has 3 heteroatoms. The highest BCUT2D eigenvalue weighted by molar-refractivity contribution is 6.29. The molecule has 1 heterocycles. The normalized spacial score (nSPS) is 10.3. The summed E-state index contributed by atoms with van der Waals surface area (Å²) < 4.78 is 5.74. The van der Waals surface area contributed by atoms with Crippen molar-refractivity contribution in [2.24, 2.45) is 0 Å². The number of rotatable bonds is 3. The molecular formula is C14H14ClNO. The van der Waals surface area contributed by atoms with Crippen molar-refractivity contribution in [3.05, 3.63) is 58.4 Å². The molecule has 17 heavy (non-hydrogen) atoms. The molecule has 2 nitrogen and oxygen atoms in total. The van der Waals surface area contributed by atoms with Crippen LogP contribution in [0.15, 0.2) is 36.4 Å². The van der Waals surface area contributed by atoms with Crippen LogP contribution in [0.5, 0.6) is 5.75 Å². The quantitative estimate of drug-likeness (QED) is 0.767. The van der Waals surface area contributed by atoms with E-state index >= 15 is 0 Å². The molecule has 0 aliphatic heterocycles. The molecule has 1 aromatic heterocycles. The average Bonchev–Trinajstić information content (AvgIpc) is 2.31. The van der Waals surface area contributed by atoms with Gasteiger partial charge < -0.3 is 4.74 Å². The smallest absolute Gasteiger partial charge is 0.130 e. The van der Waals surface area contributed by atoms with Crippen LogP contribution in [0.2, 0.25) is 5.15 Å². The van der Waals surface area contributed by atoms with E-state index in [0.29, 0.717) is 11.8 Å². The van der Waals surface area contributed by atoms with Gasteiger partial charge in [-0.25, -0.2) is 4.98 Å². The van der Waals surface area contributed by atoms with Gasteiger partial charge in [-0.05, 0) is 43.2 Å². The van der Waals surface area contributed by atoms with E-state index in [-0.39, 0.29) is 0 Å². The zero-order chi connectivity index (χ0) is 12.3. The predicted molar refractivity (Wildman–Crippen MR) is 69.5 cm³/mol. The van der Waals surface area contributed by atoms with Gasteiger partial charge >= 0.3 is 0 Å². The molecule has 0 aliphatic carbocycles. The van der Waals surface area contributed by atoms with Crippen molar-refractivity contribution in [2.45, 2.75) is 20.5 Å². The molecule has 0 aliphatic rings. The summed E-state index contributed by atoms with van der Waals surface area (Å²) in [5.74, 6) is 0.895. The van der Waals surface area contributed by atoms with Crippen molar-refractivity contribution in [1.29, 1.82) is 0 Å². The van der Waals surface area contributed by atoms with Gasteiger partial charge in [-0.15, -0.1) is 0 Å². The van der Waals surface area contributed by atoms with Gasteiger partial charge in [-0.3, -0.25) is 0 Å². The number of pyridine rings is 1. The van der Waals surface area contributed by atoms with Gasteiger partial charge in [0.2, 0.25) is 0 Å². The first-order chi connectivity index (χ1) is 8.16. The molecule has 1 aromatic carbocycles. The molecule has 0 atom stereocenters. The Bertz CT molecular complexity index is 525. The van der Waals surface area contributed by atoms with E-state index in [4.69, 9.17) is 16.3 Å². The van der Waals surface area contributed by atoms with E-state index < -0.39 is 0 Å². The van der Waals surface area contributed by atoms with E-state index in [1.54, 1.807) is 6.07 Å². The number of hydrogen-bond acceptors (Lipinski definition) is 2. The number of nitrogens with zero attached hydrogens (tertiary/aromatic N) is 1. The highest BCUT2D eigenvalue weighted by Gasteiger charge is 2.03. The number of ether oxygens (including phenoxy) is 1. The van der Waals surface area contributed by atoms with Crippen molar-refractivity contribution in [3.8, 4) is 5.75 Å². The predicted octanol–water partition coefficient (Wildman–Crippen LogP) is 3.93. The Morgan fingerprint density at radius 3 is 2.65 bits per heavy atom. The standard InChI is InChI=1S/C14H14ClNO/c1-10-5-3-7-13(11(10)2)17-9-12-6-4-8-14(15)16-12/h3-8H,9H2,1-2H3. The van der Waals surface area contributed by atoms with Crippen LogP contribution in [0, 0.1) is 13.8 Å². The molecule has 0 fully saturated rings. The van der Waals surface area contributed by atoms with E-state index in [1.807, 2.05) is 24.3 Å². The third-order valence-electron chi connectivity index (χ3n) is 2.70. The van der Waals surface area contributed by atoms with E-state index in [1.165, 1.54) is 5.56 Å². The molecule has 0 saturated heterocycles. The molecule has 2 rings (SSSR count). The Morgan fingerprint density at radius 2 is 1.88 bits per heavy atom. The van der Waals surface area contributed by atoms with Gasteiger partial charge in [0.25, 0.3) is 0 Å². The first kappa shape index (κ1) is 11.9. The third-order valence-corrected chi connectivity index (χ3v) is 2.91. The molecule has 0 N–H and O–H groups in total. The van der Waals surface area contributed by atoms with Crippen LogP contribution in [0.25, 0.3) is 0 Å². The van der Waals surface area contributed by atoms with Gasteiger partial charge in [0.1, 0.15) is 17.5 Å². The summed E-state index contributed by atoms with van der Waals surface area (Å²) in [6.07, 6.45) is 0. The first-order valence-electron chi connectivity index (χ1n) is 5.47. The van der Waals surface area contributed by atoms with Crippen molar-refractivity contribution < 1.29 is 4.74 Å². The SMILES string of the molecule is Cc1cccc(OCc2cccc(Cl)n2)c1C. The van der Waals surface area contributed by atoms with Crippen LogP contribution in [-0.4, -0.2) is 4.98 Å². The fourth-order valence-corrected chi connectivity index (χ4v) is 1.74. The van der Waals surface area contributed by atoms with Crippen LogP contribution in [0.4, 0.5) is 0 Å². The van der Waals surface area contributed by atoms with Crippen LogP contribution in [0.1, 0.15) is 16.8 Å². The molecule has 88 valence electrons. The fourth-order valence-electron chi connectivity index (χ4n) is 1.56. The largest absolute Gasteiger partial charge is 0.487 e. The summed E-state index contributed by atoms with van der Waals surface area (Å²) in [7, 11) is 0. The lowest BCUT2D eigenvalue weighted by molar-refractivity contribution is 0.299. The Hall–Kier alpha value is -1.54. The summed E-state index contributed by atoms with van der Waals surface area (Å²) in [4.78, 5) is 4.18. The Balaban J connectivity index is 2.10. The van der Waals surface area contributed by atoms with Gasteiger partial charge in [0, 0.05) is 0 Å². The second-order valence-electron chi connectivity index (χ2n) is 3.94. The lowest BCUT2D eigenvalue weighted by Crippen LogP contribution is -2.00. The van der Waals surface area contributed by atoms with Gasteiger partial charge in [0.05, 0.1) is 5.69 Å². The second kappa shape index (κ2) is 5.19. The number of hydrogen-bond donors (Lipinski definition) is 0. The maximum atomic E-state index is 5.82. The van der Waals surface area contributed by atoms with Gasteiger partial charge in [0.15, 0.2) is 0 Å². The summed E-state index contributed by atoms with van der Waals surface area (Å²) in [5.41, 5.74) is 3.22. The summed E-state index contributed by atoms with van der Waals surface area (Å²) in [6.45, 7) is 4.56. The molecule has 0 saturated carbocycles. The monoisotopic (exact) mass is 247 g/mol. The summed E-state index contributed by atoms with van der Waals surface area (Å²) >= 11 is 5.82. The minimum Gasteiger partial charge on any atom is -0.487 e. The zero-order valence-corrected chi connectivity index (χ0v) is 10.7. The van der Waals surface area contributed by atoms with Crippen LogP contribution < -0.4 is 4.74 Å². The lowest BCUT2D eigenvalue weighted by Gasteiger charge is -2.10. The van der Waals surface area contributed by atoms with E-state index in [0.717, 1.165) is 17.0 Å². The maximum absolute atomic E-state index is 5.82. The van der Waals surface area contributed by atoms with Crippen molar-refractivity contribution in [3.63, 3.8) is 0 Å². The molecule has 0 radical (unpaired) electrons. The molecule has 2 aromatic rings. The number of aromatic nitrogens is 1. The van der Waals surface area contributed by atoms with Crippen molar-refractivity contribution in [2.75, 3.05) is 0 Å². The Morgan fingerprint density at radius 1 is 1.12 bits per heavy atom. The zero-order valence-electron chi connectivity index (χ0n) is 9.90. The minimum atomic E-state index is 0.435. The fraction of sp³-hybridized carbons (Fsp3) is 0.214. The minimum absolute atomic E-state index is 0.435. The lowest BCUT2D eigenvalue weighted by atomic mass is 10.1. The van der Waals surface area contributed by atoms with Crippen LogP contribution in [-0.2, 0) is 6.61 Å². The molecule has 0 unspecified atom stereocenters. The number of benzene rings is 1. The molecule has 0 bridgehead atoms. The maximum Gasteiger partial charge on any atom is 0.130 e. The van der Waals surface area contributed by atoms with Crippen LogP contribution >= 0.6 is 11.6 Å². The molecule has 0 amide bonds. The second-order valence-corrected chi connectivity index (χ2v) is 4.33. The average molecular weight is 248 g/mol. The molecular weight excluding hydrogens is 234 g/mol. The van der Waals surface area contributed by atoms with Gasteiger partial charge in [-0.2, -0.15) is 0 Å².